The first-order chi connectivity index (χ1) is 6.74. The Morgan fingerprint density at radius 1 is 1.00 bits per heavy atom. The predicted molar refractivity (Wildman–Crippen MR) is 63.3 cm³/mol. The molecule has 0 saturated carbocycles. The third kappa shape index (κ3) is 1.01. The second-order valence-corrected chi connectivity index (χ2v) is 5.25. The highest BCUT2D eigenvalue weighted by atomic mass is 32.1. The molecule has 0 bridgehead atoms. The van der Waals surface area contributed by atoms with Gasteiger partial charge in [0.25, 0.3) is 0 Å². The van der Waals surface area contributed by atoms with Crippen LogP contribution in [0.3, 0.4) is 0 Å². The summed E-state index contributed by atoms with van der Waals surface area (Å²) in [6, 6.07) is 7.81. The molecule has 2 aromatic heterocycles. The van der Waals surface area contributed by atoms with E-state index in [4.69, 9.17) is 5.73 Å². The van der Waals surface area contributed by atoms with E-state index < -0.39 is 0 Å². The summed E-state index contributed by atoms with van der Waals surface area (Å²) in [7, 11) is 0. The summed E-state index contributed by atoms with van der Waals surface area (Å²) in [5.41, 5.74) is 5.75. The highest BCUT2D eigenvalue weighted by Crippen LogP contribution is 2.40. The van der Waals surface area contributed by atoms with Gasteiger partial charge in [-0.15, -0.1) is 11.3 Å². The Morgan fingerprint density at radius 3 is 2.43 bits per heavy atom. The van der Waals surface area contributed by atoms with Crippen molar-refractivity contribution in [2.24, 2.45) is 0 Å². The Labute approximate surface area is 88.2 Å². The van der Waals surface area contributed by atoms with Gasteiger partial charge in [0.2, 0.25) is 0 Å². The Morgan fingerprint density at radius 2 is 1.64 bits per heavy atom. The first-order valence-corrected chi connectivity index (χ1v) is 5.78. The summed E-state index contributed by atoms with van der Waals surface area (Å²) < 4.78 is 2.30. The third-order valence-corrected chi connectivity index (χ3v) is 4.27. The minimum Gasteiger partial charge on any atom is -0.499 e. The van der Waals surface area contributed by atoms with Crippen LogP contribution in [0.5, 0.6) is 5.06 Å². The molecule has 0 aliphatic carbocycles. The maximum atomic E-state index is 9.41. The molecule has 0 unspecified atom stereocenters. The zero-order chi connectivity index (χ0) is 9.71. The lowest BCUT2D eigenvalue weighted by molar-refractivity contribution is 0.491. The monoisotopic (exact) mass is 221 g/mol. The molecular formula is C10H7NOS2. The quantitative estimate of drug-likeness (QED) is 0.611. The van der Waals surface area contributed by atoms with Crippen molar-refractivity contribution in [2.45, 2.75) is 0 Å². The molecule has 0 fully saturated rings. The van der Waals surface area contributed by atoms with Gasteiger partial charge in [0, 0.05) is 0 Å². The molecule has 0 spiro atoms. The second-order valence-electron chi connectivity index (χ2n) is 3.14. The first-order valence-electron chi connectivity index (χ1n) is 4.14. The third-order valence-electron chi connectivity index (χ3n) is 2.18. The fraction of sp³-hybridized carbons (Fsp3) is 0. The summed E-state index contributed by atoms with van der Waals surface area (Å²) in [4.78, 5) is 0. The van der Waals surface area contributed by atoms with Crippen molar-refractivity contribution in [1.82, 2.24) is 0 Å². The van der Waals surface area contributed by atoms with E-state index >= 15 is 0 Å². The van der Waals surface area contributed by atoms with Crippen LogP contribution in [-0.4, -0.2) is 5.11 Å². The predicted octanol–water partition coefficient (Wildman–Crippen LogP) is 3.40. The maximum Gasteiger partial charge on any atom is 0.172 e. The fourth-order valence-corrected chi connectivity index (χ4v) is 3.58. The Balaban J connectivity index is 2.58. The van der Waals surface area contributed by atoms with Crippen LogP contribution < -0.4 is 5.73 Å². The van der Waals surface area contributed by atoms with Gasteiger partial charge < -0.3 is 10.8 Å². The van der Waals surface area contributed by atoms with Gasteiger partial charge in [-0.25, -0.2) is 0 Å². The van der Waals surface area contributed by atoms with E-state index in [0.717, 1.165) is 20.5 Å². The van der Waals surface area contributed by atoms with Crippen LogP contribution in [0.1, 0.15) is 0 Å². The highest BCUT2D eigenvalue weighted by molar-refractivity contribution is 7.29. The molecule has 0 radical (unpaired) electrons. The number of nitrogen functional groups attached to an aromatic ring is 1. The average molecular weight is 221 g/mol. The number of rotatable bonds is 0. The van der Waals surface area contributed by atoms with E-state index in [1.807, 2.05) is 18.2 Å². The van der Waals surface area contributed by atoms with E-state index in [1.54, 1.807) is 17.4 Å². The largest absolute Gasteiger partial charge is 0.499 e. The van der Waals surface area contributed by atoms with Crippen LogP contribution in [-0.2, 0) is 0 Å². The Hall–Kier alpha value is -1.26. The Bertz CT molecular complexity index is 568. The van der Waals surface area contributed by atoms with Crippen molar-refractivity contribution in [3.8, 4) is 5.06 Å². The van der Waals surface area contributed by atoms with Gasteiger partial charge in [-0.1, -0.05) is 23.5 Å². The van der Waals surface area contributed by atoms with Gasteiger partial charge >= 0.3 is 0 Å². The molecule has 70 valence electrons. The number of fused-ring (bicyclic) bond motifs is 3. The molecule has 4 heteroatoms. The van der Waals surface area contributed by atoms with Crippen molar-refractivity contribution in [3.05, 3.63) is 24.3 Å². The van der Waals surface area contributed by atoms with Crippen LogP contribution in [0.4, 0.5) is 5.00 Å². The van der Waals surface area contributed by atoms with Gasteiger partial charge in [0.1, 0.15) is 0 Å². The molecule has 2 heterocycles. The molecule has 0 atom stereocenters. The van der Waals surface area contributed by atoms with Crippen molar-refractivity contribution in [3.63, 3.8) is 0 Å². The summed E-state index contributed by atoms with van der Waals surface area (Å²) >= 11 is 2.98. The molecule has 0 aliphatic heterocycles. The van der Waals surface area contributed by atoms with Crippen LogP contribution in [0.2, 0.25) is 0 Å². The van der Waals surface area contributed by atoms with Gasteiger partial charge in [0.05, 0.1) is 14.4 Å². The first kappa shape index (κ1) is 8.08. The maximum absolute atomic E-state index is 9.41. The van der Waals surface area contributed by atoms with Crippen LogP contribution in [0.15, 0.2) is 24.3 Å². The summed E-state index contributed by atoms with van der Waals surface area (Å²) in [5, 5.41) is 12.8. The molecule has 0 saturated heterocycles. The van der Waals surface area contributed by atoms with E-state index in [0.29, 0.717) is 5.06 Å². The minimum absolute atomic E-state index is 0.361. The average Bonchev–Trinajstić information content (AvgIpc) is 2.65. The van der Waals surface area contributed by atoms with Crippen LogP contribution >= 0.6 is 22.7 Å². The van der Waals surface area contributed by atoms with Crippen molar-refractivity contribution < 1.29 is 5.11 Å². The number of aromatic hydroxyl groups is 1. The Kier molecular flexibility index (Phi) is 1.51. The number of hydrogen-bond donors (Lipinski definition) is 2. The SMILES string of the molecule is Nc1cc2ccc3cc(O)sc3c2s1. The second kappa shape index (κ2) is 2.62. The molecule has 14 heavy (non-hydrogen) atoms. The van der Waals surface area contributed by atoms with Crippen LogP contribution in [0.25, 0.3) is 20.2 Å². The lowest BCUT2D eigenvalue weighted by atomic mass is 10.2. The van der Waals surface area contributed by atoms with Crippen molar-refractivity contribution >= 4 is 47.8 Å². The molecule has 1 aromatic carbocycles. The number of thiophene rings is 2. The zero-order valence-electron chi connectivity index (χ0n) is 7.15. The normalized spacial score (nSPS) is 11.4. The summed E-state index contributed by atoms with van der Waals surface area (Å²) in [5.74, 6) is 0. The zero-order valence-corrected chi connectivity index (χ0v) is 8.78. The summed E-state index contributed by atoms with van der Waals surface area (Å²) in [6.07, 6.45) is 0. The van der Waals surface area contributed by atoms with E-state index in [2.05, 4.69) is 0 Å². The fourth-order valence-electron chi connectivity index (χ4n) is 1.60. The standard InChI is InChI=1S/C10H7NOS2/c11-7-3-5-1-2-6-4-8(12)14-10(6)9(5)13-7/h1-4,12H,11H2. The number of hydrogen-bond acceptors (Lipinski definition) is 4. The van der Waals surface area contributed by atoms with Crippen molar-refractivity contribution in [1.29, 1.82) is 0 Å². The minimum atomic E-state index is 0.361. The molecule has 2 nitrogen and oxygen atoms in total. The molecule has 3 N–H and O–H groups in total. The molecular weight excluding hydrogens is 214 g/mol. The molecule has 0 amide bonds. The van der Waals surface area contributed by atoms with E-state index in [9.17, 15) is 5.11 Å². The molecule has 3 rings (SSSR count). The van der Waals surface area contributed by atoms with Gasteiger partial charge in [-0.3, -0.25) is 0 Å². The van der Waals surface area contributed by atoms with E-state index in [1.165, 1.54) is 16.0 Å². The summed E-state index contributed by atoms with van der Waals surface area (Å²) in [6.45, 7) is 0. The number of nitrogens with two attached hydrogens (primary N) is 1. The lowest BCUT2D eigenvalue weighted by Crippen LogP contribution is -1.72. The number of anilines is 1. The van der Waals surface area contributed by atoms with Crippen LogP contribution in [0, 0.1) is 0 Å². The van der Waals surface area contributed by atoms with Gasteiger partial charge in [0.15, 0.2) is 5.06 Å². The van der Waals surface area contributed by atoms with Crippen molar-refractivity contribution in [2.75, 3.05) is 5.73 Å². The molecule has 0 aliphatic rings. The highest BCUT2D eigenvalue weighted by Gasteiger charge is 2.07. The number of benzene rings is 1. The smallest absolute Gasteiger partial charge is 0.172 e. The van der Waals surface area contributed by atoms with Gasteiger partial charge in [-0.05, 0) is 22.9 Å². The van der Waals surface area contributed by atoms with E-state index in [-0.39, 0.29) is 0 Å². The topological polar surface area (TPSA) is 46.2 Å². The lowest BCUT2D eigenvalue weighted by Gasteiger charge is -1.89. The molecule has 3 aromatic rings. The van der Waals surface area contributed by atoms with Gasteiger partial charge in [-0.2, -0.15) is 0 Å².